The van der Waals surface area contributed by atoms with E-state index in [0.717, 1.165) is 0 Å². The molecule has 4 aromatic rings. The number of carboxylic acids is 1. The summed E-state index contributed by atoms with van der Waals surface area (Å²) in [4.78, 5) is 15.9. The number of rotatable bonds is 7. The number of aliphatic hydroxyl groups is 1. The van der Waals surface area contributed by atoms with E-state index in [1.165, 1.54) is 18.3 Å². The molecule has 0 aliphatic carbocycles. The van der Waals surface area contributed by atoms with E-state index in [2.05, 4.69) is 4.98 Å². The molecule has 9 heteroatoms. The Bertz CT molecular complexity index is 1320. The lowest BCUT2D eigenvalue weighted by atomic mass is 10.1. The predicted molar refractivity (Wildman–Crippen MR) is 119 cm³/mol. The van der Waals surface area contributed by atoms with Crippen LogP contribution in [-0.4, -0.2) is 25.7 Å². The lowest BCUT2D eigenvalue weighted by molar-refractivity contribution is 0.0699. The number of hydrogen-bond acceptors (Lipinski definition) is 4. The summed E-state index contributed by atoms with van der Waals surface area (Å²) in [5, 5.41) is 20.4. The van der Waals surface area contributed by atoms with E-state index in [4.69, 9.17) is 27.9 Å². The van der Waals surface area contributed by atoms with Crippen LogP contribution in [0.2, 0.25) is 10.0 Å². The molecule has 0 saturated carbocycles. The van der Waals surface area contributed by atoms with Crippen molar-refractivity contribution >= 4 is 40.2 Å². The van der Waals surface area contributed by atoms with E-state index in [-0.39, 0.29) is 25.3 Å². The van der Waals surface area contributed by atoms with E-state index in [0.29, 0.717) is 43.5 Å². The fourth-order valence-electron chi connectivity index (χ4n) is 3.51. The average molecular weight is 475 g/mol. The number of hydrogen-bond donors (Lipinski definition) is 2. The lowest BCUT2D eigenvalue weighted by Gasteiger charge is -2.14. The number of aromatic carboxylic acids is 1. The van der Waals surface area contributed by atoms with Crippen molar-refractivity contribution in [3.63, 3.8) is 0 Å². The number of carboxylic acid groups (broad SMARTS) is 1. The minimum Gasteiger partial charge on any atom is -0.488 e. The fraction of sp³-hybridized carbons (Fsp3) is 0.130. The topological polar surface area (TPSA) is 84.6 Å². The molecule has 0 unspecified atom stereocenters. The standard InChI is InChI=1S/C23H17Cl2FN2O4/c24-16-3-4-20(32-12-13-1-2-17(25)8-19(13)26)14(7-16)9-28-10-15(11-29)21-18(23(30)31)5-6-27-22(21)28/h1-8,10,29H,9,11-12H2,(H,30,31). The molecule has 6 nitrogen and oxygen atoms in total. The van der Waals surface area contributed by atoms with Crippen molar-refractivity contribution < 1.29 is 24.1 Å². The molecule has 164 valence electrons. The number of ether oxygens (including phenoxy) is 1. The summed E-state index contributed by atoms with van der Waals surface area (Å²) >= 11 is 12.0. The molecule has 4 rings (SSSR count). The highest BCUT2D eigenvalue weighted by Gasteiger charge is 2.18. The van der Waals surface area contributed by atoms with Gasteiger partial charge in [0.25, 0.3) is 0 Å². The van der Waals surface area contributed by atoms with Gasteiger partial charge in [0.1, 0.15) is 23.8 Å². The Kier molecular flexibility index (Phi) is 6.32. The van der Waals surface area contributed by atoms with E-state index in [1.807, 2.05) is 0 Å². The molecule has 0 aliphatic heterocycles. The van der Waals surface area contributed by atoms with Crippen molar-refractivity contribution in [2.24, 2.45) is 0 Å². The van der Waals surface area contributed by atoms with Gasteiger partial charge in [-0.15, -0.1) is 0 Å². The molecule has 2 aromatic heterocycles. The van der Waals surface area contributed by atoms with Crippen molar-refractivity contribution in [1.29, 1.82) is 0 Å². The highest BCUT2D eigenvalue weighted by Crippen LogP contribution is 2.29. The maximum atomic E-state index is 14.1. The quantitative estimate of drug-likeness (QED) is 0.379. The largest absolute Gasteiger partial charge is 0.488 e. The van der Waals surface area contributed by atoms with Gasteiger partial charge in [-0.2, -0.15) is 0 Å². The number of aliphatic hydroxyl groups excluding tert-OH is 1. The van der Waals surface area contributed by atoms with Crippen LogP contribution in [0.15, 0.2) is 54.9 Å². The van der Waals surface area contributed by atoms with Gasteiger partial charge in [-0.25, -0.2) is 14.2 Å². The first-order valence-electron chi connectivity index (χ1n) is 9.53. The van der Waals surface area contributed by atoms with E-state index in [1.54, 1.807) is 41.1 Å². The van der Waals surface area contributed by atoms with Gasteiger partial charge in [0.2, 0.25) is 0 Å². The molecule has 0 spiro atoms. The second-order valence-corrected chi connectivity index (χ2v) is 7.95. The molecule has 0 amide bonds. The summed E-state index contributed by atoms with van der Waals surface area (Å²) < 4.78 is 21.7. The molecule has 2 N–H and O–H groups in total. The zero-order chi connectivity index (χ0) is 22.8. The lowest BCUT2D eigenvalue weighted by Crippen LogP contribution is -2.05. The number of carbonyl (C=O) groups is 1. The minimum atomic E-state index is -1.11. The monoisotopic (exact) mass is 474 g/mol. The number of nitrogens with zero attached hydrogens (tertiary/aromatic N) is 2. The summed E-state index contributed by atoms with van der Waals surface area (Å²) in [6, 6.07) is 10.8. The Morgan fingerprint density at radius 1 is 1.06 bits per heavy atom. The van der Waals surface area contributed by atoms with Crippen molar-refractivity contribution in [2.45, 2.75) is 19.8 Å². The SMILES string of the molecule is O=C(O)c1ccnc2c1c(CO)cn2Cc1cc(Cl)ccc1OCc1ccc(Cl)cc1F. The van der Waals surface area contributed by atoms with E-state index < -0.39 is 11.8 Å². The Morgan fingerprint density at radius 3 is 2.53 bits per heavy atom. The van der Waals surface area contributed by atoms with Gasteiger partial charge in [0, 0.05) is 44.5 Å². The summed E-state index contributed by atoms with van der Waals surface area (Å²) in [5.74, 6) is -1.10. The van der Waals surface area contributed by atoms with Crippen molar-refractivity contribution in [2.75, 3.05) is 0 Å². The van der Waals surface area contributed by atoms with Gasteiger partial charge >= 0.3 is 5.97 Å². The summed E-state index contributed by atoms with van der Waals surface area (Å²) in [6.45, 7) is -0.122. The van der Waals surface area contributed by atoms with Gasteiger partial charge in [-0.3, -0.25) is 0 Å². The van der Waals surface area contributed by atoms with E-state index >= 15 is 0 Å². The second kappa shape index (κ2) is 9.16. The third-order valence-electron chi connectivity index (χ3n) is 5.00. The first-order valence-corrected chi connectivity index (χ1v) is 10.3. The van der Waals surface area contributed by atoms with Crippen LogP contribution >= 0.6 is 23.2 Å². The molecule has 0 bridgehead atoms. The molecule has 0 fully saturated rings. The molecular weight excluding hydrogens is 458 g/mol. The smallest absolute Gasteiger partial charge is 0.336 e. The molecule has 2 aromatic carbocycles. The number of pyridine rings is 1. The number of halogens is 3. The van der Waals surface area contributed by atoms with Crippen molar-refractivity contribution in [3.05, 3.63) is 93.0 Å². The summed E-state index contributed by atoms with van der Waals surface area (Å²) in [6.07, 6.45) is 3.05. The van der Waals surface area contributed by atoms with Crippen LogP contribution in [0, 0.1) is 5.82 Å². The van der Waals surface area contributed by atoms with Crippen LogP contribution < -0.4 is 4.74 Å². The van der Waals surface area contributed by atoms with Crippen LogP contribution in [0.3, 0.4) is 0 Å². The van der Waals surface area contributed by atoms with E-state index in [9.17, 15) is 19.4 Å². The number of fused-ring (bicyclic) bond motifs is 1. The van der Waals surface area contributed by atoms with Crippen LogP contribution in [0.1, 0.15) is 27.0 Å². The fourth-order valence-corrected chi connectivity index (χ4v) is 3.86. The maximum absolute atomic E-state index is 14.1. The molecule has 2 heterocycles. The molecule has 32 heavy (non-hydrogen) atoms. The number of benzene rings is 2. The zero-order valence-corrected chi connectivity index (χ0v) is 18.1. The molecule has 0 aliphatic rings. The first kappa shape index (κ1) is 22.1. The third-order valence-corrected chi connectivity index (χ3v) is 5.47. The average Bonchev–Trinajstić information content (AvgIpc) is 3.12. The minimum absolute atomic E-state index is 0.0205. The van der Waals surface area contributed by atoms with Crippen LogP contribution in [-0.2, 0) is 19.8 Å². The highest BCUT2D eigenvalue weighted by molar-refractivity contribution is 6.30. The van der Waals surface area contributed by atoms with Gasteiger partial charge in [-0.05, 0) is 36.4 Å². The molecule has 0 radical (unpaired) electrons. The number of aromatic nitrogens is 2. The maximum Gasteiger partial charge on any atom is 0.336 e. The molecule has 0 atom stereocenters. The Morgan fingerprint density at radius 2 is 1.81 bits per heavy atom. The van der Waals surface area contributed by atoms with Crippen molar-refractivity contribution in [1.82, 2.24) is 9.55 Å². The summed E-state index contributed by atoms with van der Waals surface area (Å²) in [7, 11) is 0. The van der Waals surface area contributed by atoms with Crippen LogP contribution in [0.25, 0.3) is 11.0 Å². The van der Waals surface area contributed by atoms with Crippen molar-refractivity contribution in [3.8, 4) is 5.75 Å². The highest BCUT2D eigenvalue weighted by atomic mass is 35.5. The first-order chi connectivity index (χ1) is 15.4. The third kappa shape index (κ3) is 4.41. The Labute approximate surface area is 192 Å². The second-order valence-electron chi connectivity index (χ2n) is 7.08. The predicted octanol–water partition coefficient (Wildman–Crippen LogP) is 5.30. The van der Waals surface area contributed by atoms with Gasteiger partial charge < -0.3 is 19.5 Å². The van der Waals surface area contributed by atoms with Gasteiger partial charge in [-0.1, -0.05) is 29.3 Å². The molecule has 0 saturated heterocycles. The van der Waals surface area contributed by atoms with Gasteiger partial charge in [0.15, 0.2) is 0 Å². The Hall–Kier alpha value is -3.13. The van der Waals surface area contributed by atoms with Crippen LogP contribution in [0.5, 0.6) is 5.75 Å². The Balaban J connectivity index is 1.69. The normalized spacial score (nSPS) is 11.1. The van der Waals surface area contributed by atoms with Crippen LogP contribution in [0.4, 0.5) is 4.39 Å². The molecular formula is C23H17Cl2FN2O4. The zero-order valence-electron chi connectivity index (χ0n) is 16.6. The van der Waals surface area contributed by atoms with Gasteiger partial charge in [0.05, 0.1) is 18.7 Å². The summed E-state index contributed by atoms with van der Waals surface area (Å²) in [5.41, 5.74) is 1.92.